The topological polar surface area (TPSA) is 38.9 Å². The van der Waals surface area contributed by atoms with Crippen LogP contribution in [0.5, 0.6) is 0 Å². The Morgan fingerprint density at radius 1 is 1.64 bits per heavy atom. The molecule has 1 atom stereocenters. The van der Waals surface area contributed by atoms with E-state index in [0.29, 0.717) is 0 Å². The first-order chi connectivity index (χ1) is 5.25. The minimum absolute atomic E-state index is 0.213. The second kappa shape index (κ2) is 3.39. The number of rotatable bonds is 2. The predicted octanol–water partition coefficient (Wildman–Crippen LogP) is 1.19. The number of alkyl halides is 1. The van der Waals surface area contributed by atoms with Gasteiger partial charge in [0.1, 0.15) is 11.5 Å². The Kier molecular flexibility index (Phi) is 2.48. The normalized spacial score (nSPS) is 13.0. The number of hydrogen-bond acceptors (Lipinski definition) is 2. The lowest BCUT2D eigenvalue weighted by Gasteiger charge is -2.03. The third-order valence-electron chi connectivity index (χ3n) is 1.29. The molecule has 0 saturated heterocycles. The molecular formula is C7H8F2N2. The first-order valence-corrected chi connectivity index (χ1v) is 3.20. The van der Waals surface area contributed by atoms with E-state index in [1.807, 2.05) is 0 Å². The van der Waals surface area contributed by atoms with Gasteiger partial charge in [-0.1, -0.05) is 0 Å². The Balaban J connectivity index is 2.93. The van der Waals surface area contributed by atoms with Gasteiger partial charge in [-0.15, -0.1) is 0 Å². The minimum atomic E-state index is -1.50. The fourth-order valence-electron chi connectivity index (χ4n) is 0.740. The quantitative estimate of drug-likeness (QED) is 0.702. The van der Waals surface area contributed by atoms with Gasteiger partial charge in [-0.05, 0) is 12.1 Å². The Hall–Kier alpha value is -1.03. The molecule has 11 heavy (non-hydrogen) atoms. The van der Waals surface area contributed by atoms with Crippen molar-refractivity contribution < 1.29 is 8.78 Å². The molecule has 4 heteroatoms. The highest BCUT2D eigenvalue weighted by Crippen LogP contribution is 2.15. The Bertz CT molecular complexity index is 240. The largest absolute Gasteiger partial charge is 0.327 e. The summed E-state index contributed by atoms with van der Waals surface area (Å²) in [6.45, 7) is -0.242. The van der Waals surface area contributed by atoms with Crippen LogP contribution < -0.4 is 5.73 Å². The molecule has 1 aromatic rings. The number of nitrogens with two attached hydrogens (primary N) is 1. The number of aromatic nitrogens is 1. The van der Waals surface area contributed by atoms with E-state index in [2.05, 4.69) is 4.98 Å². The SMILES string of the molecule is NCC(F)c1ncccc1F. The van der Waals surface area contributed by atoms with Gasteiger partial charge in [0.2, 0.25) is 0 Å². The molecule has 0 aliphatic carbocycles. The first kappa shape index (κ1) is 8.07. The van der Waals surface area contributed by atoms with Gasteiger partial charge in [-0.25, -0.2) is 8.78 Å². The average Bonchev–Trinajstić information content (AvgIpc) is 2.04. The highest BCUT2D eigenvalue weighted by Gasteiger charge is 2.12. The van der Waals surface area contributed by atoms with Crippen molar-refractivity contribution in [2.45, 2.75) is 6.17 Å². The van der Waals surface area contributed by atoms with Crippen LogP contribution in [0.15, 0.2) is 18.3 Å². The molecule has 0 saturated carbocycles. The summed E-state index contributed by atoms with van der Waals surface area (Å²) in [5.74, 6) is -0.648. The smallest absolute Gasteiger partial charge is 0.157 e. The summed E-state index contributed by atoms with van der Waals surface area (Å²) < 4.78 is 25.4. The number of pyridine rings is 1. The molecule has 0 radical (unpaired) electrons. The zero-order chi connectivity index (χ0) is 8.27. The summed E-state index contributed by atoms with van der Waals surface area (Å²) in [4.78, 5) is 3.52. The summed E-state index contributed by atoms with van der Waals surface area (Å²) in [5.41, 5.74) is 4.78. The summed E-state index contributed by atoms with van der Waals surface area (Å²) >= 11 is 0. The highest BCUT2D eigenvalue weighted by molar-refractivity contribution is 5.09. The van der Waals surface area contributed by atoms with Crippen LogP contribution in [0.1, 0.15) is 11.9 Å². The summed E-state index contributed by atoms with van der Waals surface area (Å²) in [7, 11) is 0. The van der Waals surface area contributed by atoms with Gasteiger partial charge in [0.15, 0.2) is 6.17 Å². The number of nitrogens with zero attached hydrogens (tertiary/aromatic N) is 1. The maximum Gasteiger partial charge on any atom is 0.157 e. The predicted molar refractivity (Wildman–Crippen MR) is 37.1 cm³/mol. The number of hydrogen-bond donors (Lipinski definition) is 1. The van der Waals surface area contributed by atoms with Crippen LogP contribution in [-0.2, 0) is 0 Å². The van der Waals surface area contributed by atoms with Crippen molar-refractivity contribution in [3.63, 3.8) is 0 Å². The average molecular weight is 158 g/mol. The van der Waals surface area contributed by atoms with Gasteiger partial charge in [0, 0.05) is 12.7 Å². The second-order valence-electron chi connectivity index (χ2n) is 2.07. The molecule has 1 rings (SSSR count). The van der Waals surface area contributed by atoms with E-state index in [0.717, 1.165) is 6.07 Å². The molecular weight excluding hydrogens is 150 g/mol. The maximum absolute atomic E-state index is 12.7. The Morgan fingerprint density at radius 3 is 2.91 bits per heavy atom. The van der Waals surface area contributed by atoms with Crippen molar-refractivity contribution in [1.82, 2.24) is 4.98 Å². The molecule has 0 aliphatic rings. The van der Waals surface area contributed by atoms with Crippen molar-refractivity contribution in [3.8, 4) is 0 Å². The van der Waals surface area contributed by atoms with Crippen LogP contribution in [0.4, 0.5) is 8.78 Å². The zero-order valence-corrected chi connectivity index (χ0v) is 5.80. The van der Waals surface area contributed by atoms with E-state index < -0.39 is 12.0 Å². The van der Waals surface area contributed by atoms with Gasteiger partial charge >= 0.3 is 0 Å². The highest BCUT2D eigenvalue weighted by atomic mass is 19.1. The van der Waals surface area contributed by atoms with Crippen molar-refractivity contribution in [2.24, 2.45) is 5.73 Å². The third-order valence-corrected chi connectivity index (χ3v) is 1.29. The van der Waals surface area contributed by atoms with Gasteiger partial charge < -0.3 is 5.73 Å². The van der Waals surface area contributed by atoms with Crippen molar-refractivity contribution in [3.05, 3.63) is 29.8 Å². The van der Waals surface area contributed by atoms with Gasteiger partial charge in [0.05, 0.1) is 0 Å². The van der Waals surface area contributed by atoms with E-state index in [9.17, 15) is 8.78 Å². The second-order valence-corrected chi connectivity index (χ2v) is 2.07. The van der Waals surface area contributed by atoms with Crippen LogP contribution in [0.2, 0.25) is 0 Å². The molecule has 1 heterocycles. The standard InChI is InChI=1S/C7H8F2N2/c8-5-2-1-3-11-7(5)6(9)4-10/h1-3,6H,4,10H2. The summed E-state index contributed by atoms with van der Waals surface area (Å²) in [6.07, 6.45) is -0.170. The first-order valence-electron chi connectivity index (χ1n) is 3.20. The monoisotopic (exact) mass is 158 g/mol. The minimum Gasteiger partial charge on any atom is -0.327 e. The molecule has 0 bridgehead atoms. The fraction of sp³-hybridized carbons (Fsp3) is 0.286. The Labute approximate surface area is 63.1 Å². The van der Waals surface area contributed by atoms with Crippen LogP contribution in [0.25, 0.3) is 0 Å². The van der Waals surface area contributed by atoms with E-state index in [4.69, 9.17) is 5.73 Å². The summed E-state index contributed by atoms with van der Waals surface area (Å²) in [6, 6.07) is 2.56. The van der Waals surface area contributed by atoms with Gasteiger partial charge in [-0.3, -0.25) is 4.98 Å². The molecule has 0 aromatic carbocycles. The molecule has 0 spiro atoms. The summed E-state index contributed by atoms with van der Waals surface area (Å²) in [5, 5.41) is 0. The zero-order valence-electron chi connectivity index (χ0n) is 5.80. The molecule has 0 fully saturated rings. The lowest BCUT2D eigenvalue weighted by atomic mass is 10.2. The molecule has 0 amide bonds. The third kappa shape index (κ3) is 1.71. The van der Waals surface area contributed by atoms with E-state index in [-0.39, 0.29) is 12.2 Å². The van der Waals surface area contributed by atoms with Gasteiger partial charge in [-0.2, -0.15) is 0 Å². The van der Waals surface area contributed by atoms with Crippen molar-refractivity contribution in [2.75, 3.05) is 6.54 Å². The molecule has 2 N–H and O–H groups in total. The van der Waals surface area contributed by atoms with Crippen molar-refractivity contribution >= 4 is 0 Å². The van der Waals surface area contributed by atoms with Crippen LogP contribution in [-0.4, -0.2) is 11.5 Å². The molecule has 1 aromatic heterocycles. The van der Waals surface area contributed by atoms with Gasteiger partial charge in [0.25, 0.3) is 0 Å². The van der Waals surface area contributed by atoms with E-state index >= 15 is 0 Å². The Morgan fingerprint density at radius 2 is 2.36 bits per heavy atom. The lowest BCUT2D eigenvalue weighted by molar-refractivity contribution is 0.332. The molecule has 1 unspecified atom stereocenters. The molecule has 0 aliphatic heterocycles. The molecule has 2 nitrogen and oxygen atoms in total. The number of halogens is 2. The van der Waals surface area contributed by atoms with Crippen molar-refractivity contribution in [1.29, 1.82) is 0 Å². The maximum atomic E-state index is 12.7. The van der Waals surface area contributed by atoms with Crippen LogP contribution >= 0.6 is 0 Å². The van der Waals surface area contributed by atoms with Crippen LogP contribution in [0, 0.1) is 5.82 Å². The van der Waals surface area contributed by atoms with E-state index in [1.54, 1.807) is 0 Å². The van der Waals surface area contributed by atoms with Crippen LogP contribution in [0.3, 0.4) is 0 Å². The van der Waals surface area contributed by atoms with E-state index in [1.165, 1.54) is 12.3 Å². The fourth-order valence-corrected chi connectivity index (χ4v) is 0.740. The lowest BCUT2D eigenvalue weighted by Crippen LogP contribution is -2.10. The molecule has 60 valence electrons.